The van der Waals surface area contributed by atoms with Gasteiger partial charge in [0.1, 0.15) is 5.75 Å². The van der Waals surface area contributed by atoms with Gasteiger partial charge in [-0.2, -0.15) is 0 Å². The summed E-state index contributed by atoms with van der Waals surface area (Å²) in [6.45, 7) is 7.45. The van der Waals surface area contributed by atoms with E-state index in [1.54, 1.807) is 12.4 Å². The zero-order chi connectivity index (χ0) is 24.4. The summed E-state index contributed by atoms with van der Waals surface area (Å²) in [5.74, 6) is 2.35. The van der Waals surface area contributed by atoms with Gasteiger partial charge in [-0.3, -0.25) is 4.79 Å². The maximum atomic E-state index is 12.0. The van der Waals surface area contributed by atoms with Crippen molar-refractivity contribution in [3.63, 3.8) is 0 Å². The maximum absolute atomic E-state index is 12.0. The second-order valence-electron chi connectivity index (χ2n) is 9.32. The van der Waals surface area contributed by atoms with Gasteiger partial charge in [-0.05, 0) is 43.0 Å². The van der Waals surface area contributed by atoms with Crippen molar-refractivity contribution in [3.05, 3.63) is 36.7 Å². The summed E-state index contributed by atoms with van der Waals surface area (Å²) in [5.41, 5.74) is 0.905. The predicted molar refractivity (Wildman–Crippen MR) is 139 cm³/mol. The van der Waals surface area contributed by atoms with E-state index in [4.69, 9.17) is 9.47 Å². The Bertz CT molecular complexity index is 790. The van der Waals surface area contributed by atoms with Crippen LogP contribution < -0.4 is 9.47 Å². The molecule has 0 radical (unpaired) electrons. The molecule has 1 aromatic carbocycles. The number of benzene rings is 1. The smallest absolute Gasteiger partial charge is 0.311 e. The molecule has 0 bridgehead atoms. The summed E-state index contributed by atoms with van der Waals surface area (Å²) in [7, 11) is 0. The third-order valence-electron chi connectivity index (χ3n) is 6.26. The molecule has 0 saturated heterocycles. The second kappa shape index (κ2) is 17.1. The number of nitrogens with zero attached hydrogens (tertiary/aromatic N) is 2. The van der Waals surface area contributed by atoms with E-state index < -0.39 is 0 Å². The fourth-order valence-electron chi connectivity index (χ4n) is 3.79. The van der Waals surface area contributed by atoms with Crippen LogP contribution in [-0.2, 0) is 4.79 Å². The van der Waals surface area contributed by atoms with E-state index in [0.29, 0.717) is 23.9 Å². The number of hydrogen-bond acceptors (Lipinski definition) is 5. The van der Waals surface area contributed by atoms with Crippen LogP contribution in [0.2, 0.25) is 0 Å². The average Bonchev–Trinajstić information content (AvgIpc) is 2.86. The van der Waals surface area contributed by atoms with Gasteiger partial charge < -0.3 is 9.47 Å². The van der Waals surface area contributed by atoms with E-state index in [0.717, 1.165) is 43.6 Å². The lowest BCUT2D eigenvalue weighted by Crippen LogP contribution is -2.08. The molecule has 1 aromatic heterocycles. The summed E-state index contributed by atoms with van der Waals surface area (Å²) in [5, 5.41) is 0. The minimum Gasteiger partial charge on any atom is -0.494 e. The molecule has 188 valence electrons. The number of carbonyl (C=O) groups is 1. The zero-order valence-electron chi connectivity index (χ0n) is 21.6. The topological polar surface area (TPSA) is 61.3 Å². The van der Waals surface area contributed by atoms with Crippen LogP contribution in [0.15, 0.2) is 36.7 Å². The molecule has 0 aliphatic heterocycles. The van der Waals surface area contributed by atoms with Gasteiger partial charge in [0.2, 0.25) is 0 Å². The van der Waals surface area contributed by atoms with Crippen LogP contribution in [0, 0.1) is 5.92 Å². The third-order valence-corrected chi connectivity index (χ3v) is 6.26. The highest BCUT2D eigenvalue weighted by atomic mass is 16.5. The van der Waals surface area contributed by atoms with E-state index in [1.807, 2.05) is 24.3 Å². The Kier molecular flexibility index (Phi) is 14.0. The van der Waals surface area contributed by atoms with Gasteiger partial charge in [0.25, 0.3) is 0 Å². The second-order valence-corrected chi connectivity index (χ2v) is 9.32. The highest BCUT2D eigenvalue weighted by Gasteiger charge is 2.08. The van der Waals surface area contributed by atoms with E-state index >= 15 is 0 Å². The molecule has 0 spiro atoms. The first kappa shape index (κ1) is 27.8. The summed E-state index contributed by atoms with van der Waals surface area (Å²) in [4.78, 5) is 20.7. The molecular formula is C29H44N2O3. The molecule has 0 amide bonds. The molecule has 0 aliphatic rings. The van der Waals surface area contributed by atoms with E-state index in [1.165, 1.54) is 51.4 Å². The van der Waals surface area contributed by atoms with Crippen LogP contribution in [0.3, 0.4) is 0 Å². The monoisotopic (exact) mass is 468 g/mol. The van der Waals surface area contributed by atoms with Gasteiger partial charge in [0, 0.05) is 12.0 Å². The molecule has 5 heteroatoms. The maximum Gasteiger partial charge on any atom is 0.311 e. The molecule has 1 unspecified atom stereocenters. The van der Waals surface area contributed by atoms with Crippen LogP contribution in [0.5, 0.6) is 11.5 Å². The number of ether oxygens (including phenoxy) is 2. The minimum absolute atomic E-state index is 0.224. The van der Waals surface area contributed by atoms with Crippen LogP contribution in [0.4, 0.5) is 0 Å². The lowest BCUT2D eigenvalue weighted by atomic mass is 10.0. The van der Waals surface area contributed by atoms with Crippen molar-refractivity contribution in [1.29, 1.82) is 0 Å². The Labute approximate surface area is 206 Å². The molecule has 5 nitrogen and oxygen atoms in total. The molecule has 0 fully saturated rings. The Morgan fingerprint density at radius 2 is 1.47 bits per heavy atom. The SMILES string of the molecule is CCCCCCCCCCOc1ccc(-c2ncc(OC(=O)CCCCC(C)CC)cn2)cc1. The first-order chi connectivity index (χ1) is 16.6. The standard InChI is InChI=1S/C29H44N2O3/c1-4-6-7-8-9-10-11-14-21-33-26-19-17-25(18-20-26)29-30-22-27(23-31-29)34-28(32)16-13-12-15-24(3)5-2/h17-20,22-24H,4-16,21H2,1-3H3. The largest absolute Gasteiger partial charge is 0.494 e. The third kappa shape index (κ3) is 11.6. The molecule has 1 atom stereocenters. The van der Waals surface area contributed by atoms with E-state index in [-0.39, 0.29) is 5.97 Å². The molecule has 34 heavy (non-hydrogen) atoms. The Morgan fingerprint density at radius 1 is 0.824 bits per heavy atom. The van der Waals surface area contributed by atoms with Crippen molar-refractivity contribution >= 4 is 5.97 Å². The summed E-state index contributed by atoms with van der Waals surface area (Å²) in [6, 6.07) is 7.83. The van der Waals surface area contributed by atoms with Gasteiger partial charge >= 0.3 is 5.97 Å². The highest BCUT2D eigenvalue weighted by Crippen LogP contribution is 2.21. The molecule has 1 heterocycles. The van der Waals surface area contributed by atoms with Crippen molar-refractivity contribution in [2.24, 2.45) is 5.92 Å². The Morgan fingerprint density at radius 3 is 2.12 bits per heavy atom. The molecule has 2 aromatic rings. The van der Waals surface area contributed by atoms with Crippen LogP contribution in [0.1, 0.15) is 104 Å². The minimum atomic E-state index is -0.224. The average molecular weight is 469 g/mol. The fraction of sp³-hybridized carbons (Fsp3) is 0.621. The Balaban J connectivity index is 1.66. The zero-order valence-corrected chi connectivity index (χ0v) is 21.6. The first-order valence-corrected chi connectivity index (χ1v) is 13.4. The first-order valence-electron chi connectivity index (χ1n) is 13.4. The fourth-order valence-corrected chi connectivity index (χ4v) is 3.79. The highest BCUT2D eigenvalue weighted by molar-refractivity contribution is 5.72. The number of rotatable bonds is 18. The lowest BCUT2D eigenvalue weighted by Gasteiger charge is -2.08. The lowest BCUT2D eigenvalue weighted by molar-refractivity contribution is -0.134. The van der Waals surface area contributed by atoms with Crippen LogP contribution in [0.25, 0.3) is 11.4 Å². The molecular weight excluding hydrogens is 424 g/mol. The summed E-state index contributed by atoms with van der Waals surface area (Å²) in [6.07, 6.45) is 18.2. The normalized spacial score (nSPS) is 11.9. The van der Waals surface area contributed by atoms with Crippen molar-refractivity contribution < 1.29 is 14.3 Å². The van der Waals surface area contributed by atoms with Gasteiger partial charge in [-0.25, -0.2) is 9.97 Å². The van der Waals surface area contributed by atoms with E-state index in [2.05, 4.69) is 30.7 Å². The summed E-state index contributed by atoms with van der Waals surface area (Å²) >= 11 is 0. The van der Waals surface area contributed by atoms with Gasteiger partial charge in [-0.15, -0.1) is 0 Å². The van der Waals surface area contributed by atoms with Crippen molar-refractivity contribution in [1.82, 2.24) is 9.97 Å². The van der Waals surface area contributed by atoms with Crippen molar-refractivity contribution in [2.75, 3.05) is 6.61 Å². The molecule has 0 N–H and O–H groups in total. The van der Waals surface area contributed by atoms with Gasteiger partial charge in [0.05, 0.1) is 19.0 Å². The van der Waals surface area contributed by atoms with Crippen LogP contribution in [-0.4, -0.2) is 22.5 Å². The van der Waals surface area contributed by atoms with Crippen molar-refractivity contribution in [2.45, 2.75) is 104 Å². The van der Waals surface area contributed by atoms with Gasteiger partial charge in [0.15, 0.2) is 11.6 Å². The predicted octanol–water partition coefficient (Wildman–Crippen LogP) is 8.18. The van der Waals surface area contributed by atoms with E-state index in [9.17, 15) is 4.79 Å². The number of aromatic nitrogens is 2. The Hall–Kier alpha value is -2.43. The molecule has 2 rings (SSSR count). The quantitative estimate of drug-likeness (QED) is 0.163. The molecule has 0 saturated carbocycles. The number of carbonyl (C=O) groups excluding carboxylic acids is 1. The van der Waals surface area contributed by atoms with Crippen LogP contribution >= 0.6 is 0 Å². The van der Waals surface area contributed by atoms with Crippen molar-refractivity contribution in [3.8, 4) is 22.9 Å². The number of hydrogen-bond donors (Lipinski definition) is 0. The summed E-state index contributed by atoms with van der Waals surface area (Å²) < 4.78 is 11.2. The molecule has 0 aliphatic carbocycles. The number of esters is 1. The number of unbranched alkanes of at least 4 members (excludes halogenated alkanes) is 8. The van der Waals surface area contributed by atoms with Gasteiger partial charge in [-0.1, -0.05) is 85.0 Å².